The number of allylic oxidation sites excluding steroid dienone is 1. The van der Waals surface area contributed by atoms with E-state index in [0.29, 0.717) is 18.8 Å². The van der Waals surface area contributed by atoms with Gasteiger partial charge in [0.2, 0.25) is 0 Å². The van der Waals surface area contributed by atoms with Crippen molar-refractivity contribution in [1.82, 2.24) is 0 Å². The highest BCUT2D eigenvalue weighted by atomic mass is 16.6. The quantitative estimate of drug-likeness (QED) is 0.568. The summed E-state index contributed by atoms with van der Waals surface area (Å²) in [5.74, 6) is -1.78. The van der Waals surface area contributed by atoms with E-state index in [4.69, 9.17) is 4.74 Å². The van der Waals surface area contributed by atoms with Crippen molar-refractivity contribution in [3.63, 3.8) is 0 Å². The molecule has 0 aromatic heterocycles. The molecule has 5 aliphatic rings. The van der Waals surface area contributed by atoms with Crippen LogP contribution < -0.4 is 0 Å². The number of rotatable bonds is 1. The highest BCUT2D eigenvalue weighted by molar-refractivity contribution is 5.85. The third-order valence-electron chi connectivity index (χ3n) is 8.46. The molecule has 1 aliphatic heterocycles. The smallest absolute Gasteiger partial charge is 0.315 e. The second-order valence-electron chi connectivity index (χ2n) is 9.07. The van der Waals surface area contributed by atoms with Crippen molar-refractivity contribution in [2.75, 3.05) is 0 Å². The summed E-state index contributed by atoms with van der Waals surface area (Å²) in [4.78, 5) is 25.1. The van der Waals surface area contributed by atoms with Gasteiger partial charge in [0.25, 0.3) is 0 Å². The molecule has 8 atom stereocenters. The molecule has 24 heavy (non-hydrogen) atoms. The van der Waals surface area contributed by atoms with Crippen LogP contribution in [0.1, 0.15) is 45.4 Å². The summed E-state index contributed by atoms with van der Waals surface area (Å²) < 4.78 is 6.01. The van der Waals surface area contributed by atoms with E-state index in [-0.39, 0.29) is 11.3 Å². The highest BCUT2D eigenvalue weighted by Gasteiger charge is 2.83. The van der Waals surface area contributed by atoms with E-state index in [9.17, 15) is 19.8 Å². The Kier molecular flexibility index (Phi) is 2.53. The average molecular weight is 332 g/mol. The van der Waals surface area contributed by atoms with E-state index in [2.05, 4.69) is 6.58 Å². The number of aliphatic carboxylic acids is 1. The van der Waals surface area contributed by atoms with Crippen LogP contribution in [0.5, 0.6) is 0 Å². The topological polar surface area (TPSA) is 83.8 Å². The van der Waals surface area contributed by atoms with Crippen LogP contribution in [0, 0.1) is 34.5 Å². The maximum Gasteiger partial charge on any atom is 0.315 e. The number of carboxylic acid groups (broad SMARTS) is 1. The van der Waals surface area contributed by atoms with Gasteiger partial charge in [0.05, 0.1) is 17.4 Å². The van der Waals surface area contributed by atoms with E-state index in [1.54, 1.807) is 6.92 Å². The Labute approximate surface area is 141 Å². The lowest BCUT2D eigenvalue weighted by Gasteiger charge is -2.44. The molecule has 0 amide bonds. The standard InChI is InChI=1S/C19H24O5/c1-9-7-18-8-10(9)3-4-11(18)19-6-5-12(20)17(2,16(23)24-19)14(19)13(18)15(21)22/h10-14,20H,1,3-8H2,2H3,(H,21,22)/t10?,11-,12+,13-,14-,17?,18+,19-/m1/s1. The van der Waals surface area contributed by atoms with Crippen LogP contribution in [0.4, 0.5) is 0 Å². The Hall–Kier alpha value is -1.36. The molecule has 5 fully saturated rings. The van der Waals surface area contributed by atoms with Gasteiger partial charge in [0, 0.05) is 11.8 Å². The molecule has 0 aromatic carbocycles. The lowest BCUT2D eigenvalue weighted by Crippen LogP contribution is -2.53. The van der Waals surface area contributed by atoms with Crippen LogP contribution in [-0.2, 0) is 14.3 Å². The number of aliphatic hydroxyl groups is 1. The molecule has 130 valence electrons. The minimum Gasteiger partial charge on any atom is -0.481 e. The number of hydrogen-bond acceptors (Lipinski definition) is 4. The number of hydrogen-bond donors (Lipinski definition) is 2. The first-order valence-corrected chi connectivity index (χ1v) is 9.09. The van der Waals surface area contributed by atoms with Gasteiger partial charge in [-0.1, -0.05) is 12.2 Å². The normalized spacial score (nSPS) is 57.5. The van der Waals surface area contributed by atoms with E-state index >= 15 is 0 Å². The number of aliphatic hydroxyl groups excluding tert-OH is 1. The van der Waals surface area contributed by atoms with E-state index in [1.807, 2.05) is 0 Å². The summed E-state index contributed by atoms with van der Waals surface area (Å²) in [6.45, 7) is 5.95. The summed E-state index contributed by atoms with van der Waals surface area (Å²) in [6.07, 6.45) is 3.81. The minimum atomic E-state index is -1.09. The van der Waals surface area contributed by atoms with Gasteiger partial charge in [0.15, 0.2) is 0 Å². The summed E-state index contributed by atoms with van der Waals surface area (Å²) in [6, 6.07) is 0. The number of fused-ring (bicyclic) bond motifs is 1. The molecule has 5 rings (SSSR count). The highest BCUT2D eigenvalue weighted by Crippen LogP contribution is 2.77. The lowest BCUT2D eigenvalue weighted by molar-refractivity contribution is -0.162. The first kappa shape index (κ1) is 14.9. The van der Waals surface area contributed by atoms with Crippen LogP contribution in [-0.4, -0.2) is 33.9 Å². The Balaban J connectivity index is 1.76. The zero-order valence-corrected chi connectivity index (χ0v) is 14.0. The summed E-state index contributed by atoms with van der Waals surface area (Å²) in [5, 5.41) is 20.8. The summed E-state index contributed by atoms with van der Waals surface area (Å²) in [7, 11) is 0. The van der Waals surface area contributed by atoms with Gasteiger partial charge in [-0.2, -0.15) is 0 Å². The molecular weight excluding hydrogens is 308 g/mol. The molecule has 4 saturated carbocycles. The molecule has 5 nitrogen and oxygen atoms in total. The van der Waals surface area contributed by atoms with Gasteiger partial charge >= 0.3 is 11.9 Å². The van der Waals surface area contributed by atoms with Gasteiger partial charge in [-0.3, -0.25) is 9.59 Å². The van der Waals surface area contributed by atoms with Gasteiger partial charge in [-0.05, 0) is 56.8 Å². The van der Waals surface area contributed by atoms with Gasteiger partial charge < -0.3 is 14.9 Å². The van der Waals surface area contributed by atoms with E-state index < -0.39 is 40.9 Å². The first-order valence-electron chi connectivity index (χ1n) is 9.09. The first-order chi connectivity index (χ1) is 11.3. The molecular formula is C19H24O5. The third kappa shape index (κ3) is 1.29. The number of carbonyl (C=O) groups excluding carboxylic acids is 1. The van der Waals surface area contributed by atoms with Crippen molar-refractivity contribution in [1.29, 1.82) is 0 Å². The lowest BCUT2D eigenvalue weighted by atomic mass is 9.59. The zero-order chi connectivity index (χ0) is 17.1. The summed E-state index contributed by atoms with van der Waals surface area (Å²) in [5.41, 5.74) is -0.953. The Morgan fingerprint density at radius 1 is 1.33 bits per heavy atom. The fourth-order valence-corrected chi connectivity index (χ4v) is 7.66. The number of esters is 1. The van der Waals surface area contributed by atoms with Crippen LogP contribution >= 0.6 is 0 Å². The number of ether oxygens (including phenoxy) is 1. The molecule has 2 unspecified atom stereocenters. The molecule has 2 N–H and O–H groups in total. The van der Waals surface area contributed by atoms with Crippen molar-refractivity contribution in [2.24, 2.45) is 34.5 Å². The largest absolute Gasteiger partial charge is 0.481 e. The molecule has 1 saturated heterocycles. The van der Waals surface area contributed by atoms with Crippen molar-refractivity contribution in [3.05, 3.63) is 12.2 Å². The average Bonchev–Trinajstić information content (AvgIpc) is 2.98. The van der Waals surface area contributed by atoms with Crippen LogP contribution in [0.15, 0.2) is 12.2 Å². The second-order valence-corrected chi connectivity index (χ2v) is 9.07. The second kappa shape index (κ2) is 4.06. The third-order valence-corrected chi connectivity index (χ3v) is 8.46. The maximum atomic E-state index is 12.7. The number of carboxylic acids is 1. The fourth-order valence-electron chi connectivity index (χ4n) is 7.66. The zero-order valence-electron chi connectivity index (χ0n) is 14.0. The Morgan fingerprint density at radius 3 is 2.79 bits per heavy atom. The molecule has 1 spiro atoms. The molecule has 0 radical (unpaired) electrons. The molecule has 4 aliphatic carbocycles. The SMILES string of the molecule is C=C1C[C@]23CC1CC[C@H]2[C@@]12CC[C@H](O)C(C)(C(=O)O1)[C@H]2[C@@H]3C(=O)O. The van der Waals surface area contributed by atoms with Crippen molar-refractivity contribution >= 4 is 11.9 Å². The van der Waals surface area contributed by atoms with Crippen molar-refractivity contribution in [3.8, 4) is 0 Å². The van der Waals surface area contributed by atoms with Crippen LogP contribution in [0.3, 0.4) is 0 Å². The Bertz CT molecular complexity index is 685. The van der Waals surface area contributed by atoms with Crippen molar-refractivity contribution in [2.45, 2.75) is 57.2 Å². The molecule has 5 heteroatoms. The predicted octanol–water partition coefficient (Wildman–Crippen LogP) is 2.14. The molecule has 0 aromatic rings. The van der Waals surface area contributed by atoms with Gasteiger partial charge in [0.1, 0.15) is 5.60 Å². The van der Waals surface area contributed by atoms with Crippen molar-refractivity contribution < 1.29 is 24.5 Å². The predicted molar refractivity (Wildman–Crippen MR) is 83.8 cm³/mol. The molecule has 1 heterocycles. The number of carbonyl (C=O) groups is 2. The fraction of sp³-hybridized carbons (Fsp3) is 0.789. The van der Waals surface area contributed by atoms with E-state index in [0.717, 1.165) is 25.7 Å². The van der Waals surface area contributed by atoms with Crippen LogP contribution in [0.2, 0.25) is 0 Å². The van der Waals surface area contributed by atoms with Crippen LogP contribution in [0.25, 0.3) is 0 Å². The molecule has 4 bridgehead atoms. The minimum absolute atomic E-state index is 0.0878. The maximum absolute atomic E-state index is 12.7. The van der Waals surface area contributed by atoms with Gasteiger partial charge in [-0.15, -0.1) is 0 Å². The van der Waals surface area contributed by atoms with E-state index in [1.165, 1.54) is 5.57 Å². The summed E-state index contributed by atoms with van der Waals surface area (Å²) >= 11 is 0. The Morgan fingerprint density at radius 2 is 2.08 bits per heavy atom. The van der Waals surface area contributed by atoms with Gasteiger partial charge in [-0.25, -0.2) is 0 Å². The monoisotopic (exact) mass is 332 g/mol.